The number of carbonyl (C=O) groups excluding carboxylic acids is 2. The summed E-state index contributed by atoms with van der Waals surface area (Å²) in [7, 11) is 0. The Kier molecular flexibility index (Phi) is 8.18. The standard InChI is InChI=1S/C21H28ClF3N4O2/c22-18-7-6-16(12-17(18)21(23,24)25)27-20(31)14-29-10-8-28(9-11-29)13-19(30)26-15-4-2-1-3-5-15/h6-7,12,15H,1-5,8-11,13-14H2,(H,26,30)(H,27,31). The molecule has 1 heterocycles. The van der Waals surface area contributed by atoms with Gasteiger partial charge in [-0.15, -0.1) is 0 Å². The van der Waals surface area contributed by atoms with Gasteiger partial charge in [0.2, 0.25) is 11.8 Å². The number of rotatable bonds is 6. The minimum Gasteiger partial charge on any atom is -0.352 e. The maximum atomic E-state index is 13.0. The molecule has 31 heavy (non-hydrogen) atoms. The molecule has 1 aromatic rings. The molecular formula is C21H28ClF3N4O2. The minimum absolute atomic E-state index is 0.0429. The maximum Gasteiger partial charge on any atom is 0.417 e. The Hall–Kier alpha value is -1.84. The predicted molar refractivity (Wildman–Crippen MR) is 113 cm³/mol. The summed E-state index contributed by atoms with van der Waals surface area (Å²) in [5.41, 5.74) is -0.924. The normalized spacial score (nSPS) is 19.2. The van der Waals surface area contributed by atoms with Crippen molar-refractivity contribution in [1.82, 2.24) is 15.1 Å². The molecule has 2 N–H and O–H groups in total. The maximum absolute atomic E-state index is 13.0. The van der Waals surface area contributed by atoms with Crippen molar-refractivity contribution >= 4 is 29.1 Å². The van der Waals surface area contributed by atoms with E-state index in [1.165, 1.54) is 25.3 Å². The van der Waals surface area contributed by atoms with Crippen molar-refractivity contribution in [2.24, 2.45) is 0 Å². The van der Waals surface area contributed by atoms with Crippen molar-refractivity contribution in [2.45, 2.75) is 44.3 Å². The fourth-order valence-electron chi connectivity index (χ4n) is 4.05. The number of benzene rings is 1. The second-order valence-electron chi connectivity index (χ2n) is 8.20. The zero-order valence-corrected chi connectivity index (χ0v) is 18.1. The first-order valence-corrected chi connectivity index (χ1v) is 11.0. The Morgan fingerprint density at radius 1 is 0.968 bits per heavy atom. The quantitative estimate of drug-likeness (QED) is 0.683. The van der Waals surface area contributed by atoms with Crippen molar-refractivity contribution in [3.8, 4) is 0 Å². The first kappa shape index (κ1) is 23.8. The number of hydrogen-bond acceptors (Lipinski definition) is 4. The van der Waals surface area contributed by atoms with Crippen LogP contribution in [-0.2, 0) is 15.8 Å². The van der Waals surface area contributed by atoms with Gasteiger partial charge in [0.1, 0.15) is 0 Å². The second kappa shape index (κ2) is 10.7. The largest absolute Gasteiger partial charge is 0.417 e. The molecule has 0 atom stereocenters. The third-order valence-corrected chi connectivity index (χ3v) is 6.05. The lowest BCUT2D eigenvalue weighted by atomic mass is 9.95. The van der Waals surface area contributed by atoms with Crippen LogP contribution in [0.5, 0.6) is 0 Å². The number of amides is 2. The Bertz CT molecular complexity index is 776. The first-order valence-electron chi connectivity index (χ1n) is 10.6. The third kappa shape index (κ3) is 7.36. The highest BCUT2D eigenvalue weighted by Gasteiger charge is 2.33. The first-order chi connectivity index (χ1) is 14.7. The van der Waals surface area contributed by atoms with Gasteiger partial charge >= 0.3 is 6.18 Å². The molecule has 2 fully saturated rings. The van der Waals surface area contributed by atoms with Crippen molar-refractivity contribution in [2.75, 3.05) is 44.6 Å². The van der Waals surface area contributed by atoms with Gasteiger partial charge < -0.3 is 10.6 Å². The molecule has 1 saturated carbocycles. The number of nitrogens with zero attached hydrogens (tertiary/aromatic N) is 2. The Balaban J connectivity index is 1.40. The zero-order chi connectivity index (χ0) is 22.4. The van der Waals surface area contributed by atoms with Gasteiger partial charge in [0.05, 0.1) is 23.7 Å². The van der Waals surface area contributed by atoms with Crippen molar-refractivity contribution in [1.29, 1.82) is 0 Å². The van der Waals surface area contributed by atoms with Crippen LogP contribution in [0.3, 0.4) is 0 Å². The number of anilines is 1. The fraction of sp³-hybridized carbons (Fsp3) is 0.619. The molecule has 0 spiro atoms. The summed E-state index contributed by atoms with van der Waals surface area (Å²) in [4.78, 5) is 28.5. The van der Waals surface area contributed by atoms with Gasteiger partial charge in [0, 0.05) is 37.9 Å². The molecule has 0 aromatic heterocycles. The molecule has 3 rings (SSSR count). The van der Waals surface area contributed by atoms with Crippen molar-refractivity contribution in [3.63, 3.8) is 0 Å². The molecule has 1 aliphatic heterocycles. The van der Waals surface area contributed by atoms with Crippen LogP contribution in [0.15, 0.2) is 18.2 Å². The number of alkyl halides is 3. The van der Waals surface area contributed by atoms with Gasteiger partial charge in [-0.25, -0.2) is 0 Å². The van der Waals surface area contributed by atoms with Gasteiger partial charge in [0.25, 0.3) is 0 Å². The van der Waals surface area contributed by atoms with E-state index in [4.69, 9.17) is 11.6 Å². The van der Waals surface area contributed by atoms with Crippen LogP contribution >= 0.6 is 11.6 Å². The summed E-state index contributed by atoms with van der Waals surface area (Å²) in [6, 6.07) is 3.59. The van der Waals surface area contributed by atoms with Crippen LogP contribution in [-0.4, -0.2) is 66.9 Å². The average molecular weight is 461 g/mol. The van der Waals surface area contributed by atoms with E-state index < -0.39 is 16.8 Å². The molecule has 0 radical (unpaired) electrons. The Morgan fingerprint density at radius 3 is 2.13 bits per heavy atom. The number of piperazine rings is 1. The van der Waals surface area contributed by atoms with Gasteiger partial charge in [-0.2, -0.15) is 13.2 Å². The molecule has 0 unspecified atom stereocenters. The smallest absolute Gasteiger partial charge is 0.352 e. The van der Waals surface area contributed by atoms with E-state index in [9.17, 15) is 22.8 Å². The van der Waals surface area contributed by atoms with E-state index in [1.54, 1.807) is 0 Å². The highest BCUT2D eigenvalue weighted by Crippen LogP contribution is 2.36. The predicted octanol–water partition coefficient (Wildman–Crippen LogP) is 3.36. The van der Waals surface area contributed by atoms with Gasteiger partial charge in [-0.3, -0.25) is 19.4 Å². The van der Waals surface area contributed by atoms with Crippen LogP contribution < -0.4 is 10.6 Å². The topological polar surface area (TPSA) is 64.7 Å². The Morgan fingerprint density at radius 2 is 1.55 bits per heavy atom. The van der Waals surface area contributed by atoms with E-state index in [0.29, 0.717) is 32.7 Å². The molecule has 172 valence electrons. The number of nitrogens with one attached hydrogen (secondary N) is 2. The van der Waals surface area contributed by atoms with Gasteiger partial charge in [-0.1, -0.05) is 30.9 Å². The third-order valence-electron chi connectivity index (χ3n) is 5.73. The van der Waals surface area contributed by atoms with Crippen molar-refractivity contribution < 1.29 is 22.8 Å². The molecule has 0 bridgehead atoms. The van der Waals surface area contributed by atoms with E-state index in [2.05, 4.69) is 15.5 Å². The van der Waals surface area contributed by atoms with Gasteiger partial charge in [-0.05, 0) is 31.0 Å². The highest BCUT2D eigenvalue weighted by atomic mass is 35.5. The van der Waals surface area contributed by atoms with E-state index in [1.807, 2.05) is 4.90 Å². The zero-order valence-electron chi connectivity index (χ0n) is 17.3. The van der Waals surface area contributed by atoms with Crippen LogP contribution in [0.1, 0.15) is 37.7 Å². The summed E-state index contributed by atoms with van der Waals surface area (Å²) in [6.45, 7) is 2.96. The molecule has 1 aliphatic carbocycles. The molecule has 6 nitrogen and oxygen atoms in total. The summed E-state index contributed by atoms with van der Waals surface area (Å²) in [5, 5.41) is 5.20. The van der Waals surface area contributed by atoms with Crippen LogP contribution in [0, 0.1) is 0 Å². The number of hydrogen-bond donors (Lipinski definition) is 2. The number of halogens is 4. The van der Waals surface area contributed by atoms with Crippen LogP contribution in [0.25, 0.3) is 0 Å². The molecule has 2 aliphatic rings. The van der Waals surface area contributed by atoms with Crippen molar-refractivity contribution in [3.05, 3.63) is 28.8 Å². The Labute approximate surface area is 185 Å². The monoisotopic (exact) mass is 460 g/mol. The molecule has 2 amide bonds. The highest BCUT2D eigenvalue weighted by molar-refractivity contribution is 6.31. The second-order valence-corrected chi connectivity index (χ2v) is 8.60. The van der Waals surface area contributed by atoms with E-state index in [0.717, 1.165) is 25.0 Å². The van der Waals surface area contributed by atoms with Crippen LogP contribution in [0.2, 0.25) is 5.02 Å². The number of carbonyl (C=O) groups is 2. The average Bonchev–Trinajstić information content (AvgIpc) is 2.71. The van der Waals surface area contributed by atoms with Gasteiger partial charge in [0.15, 0.2) is 0 Å². The lowest BCUT2D eigenvalue weighted by Gasteiger charge is -2.34. The summed E-state index contributed by atoms with van der Waals surface area (Å²) in [5.74, 6) is -0.347. The SMILES string of the molecule is O=C(CN1CCN(CC(=O)NC2CCCCC2)CC1)Nc1ccc(Cl)c(C(F)(F)F)c1. The van der Waals surface area contributed by atoms with Crippen LogP contribution in [0.4, 0.5) is 18.9 Å². The molecular weight excluding hydrogens is 433 g/mol. The lowest BCUT2D eigenvalue weighted by Crippen LogP contribution is -2.51. The summed E-state index contributed by atoms with van der Waals surface area (Å²) >= 11 is 5.60. The molecule has 10 heteroatoms. The lowest BCUT2D eigenvalue weighted by molar-refractivity contribution is -0.137. The molecule has 1 aromatic carbocycles. The molecule has 1 saturated heterocycles. The van der Waals surface area contributed by atoms with E-state index >= 15 is 0 Å². The van der Waals surface area contributed by atoms with E-state index in [-0.39, 0.29) is 30.1 Å². The summed E-state index contributed by atoms with van der Waals surface area (Å²) < 4.78 is 38.9. The fourth-order valence-corrected chi connectivity index (χ4v) is 4.28. The summed E-state index contributed by atoms with van der Waals surface area (Å²) in [6.07, 6.45) is 1.08. The minimum atomic E-state index is -4.59.